The van der Waals surface area contributed by atoms with E-state index in [2.05, 4.69) is 4.98 Å². The van der Waals surface area contributed by atoms with Crippen LogP contribution in [0.15, 0.2) is 36.4 Å². The van der Waals surface area contributed by atoms with Gasteiger partial charge in [0.2, 0.25) is 0 Å². The quantitative estimate of drug-likeness (QED) is 0.736. The minimum absolute atomic E-state index is 0.0854. The summed E-state index contributed by atoms with van der Waals surface area (Å²) in [4.78, 5) is 4.44. The summed E-state index contributed by atoms with van der Waals surface area (Å²) >= 11 is 5.68. The number of fused-ring (bicyclic) bond motifs is 1. The number of hydrogen-bond donors (Lipinski definition) is 1. The van der Waals surface area contributed by atoms with Crippen LogP contribution in [0.25, 0.3) is 16.9 Å². The normalized spacial score (nSPS) is 11.1. The monoisotopic (exact) mass is 275 g/mol. The van der Waals surface area contributed by atoms with Gasteiger partial charge in [0.05, 0.1) is 5.02 Å². The van der Waals surface area contributed by atoms with Gasteiger partial charge in [-0.05, 0) is 31.2 Å². The number of nitrogens with zero attached hydrogens (tertiary/aromatic N) is 2. The van der Waals surface area contributed by atoms with E-state index in [1.54, 1.807) is 6.07 Å². The number of hydrogen-bond acceptors (Lipinski definition) is 2. The maximum absolute atomic E-state index is 13.5. The van der Waals surface area contributed by atoms with E-state index < -0.39 is 5.82 Å². The van der Waals surface area contributed by atoms with Crippen LogP contribution in [-0.2, 0) is 0 Å². The molecule has 96 valence electrons. The van der Waals surface area contributed by atoms with Gasteiger partial charge in [0, 0.05) is 11.3 Å². The Labute approximate surface area is 114 Å². The summed E-state index contributed by atoms with van der Waals surface area (Å²) in [5.74, 6) is 0.0159. The van der Waals surface area contributed by atoms with E-state index in [0.717, 1.165) is 11.3 Å². The highest BCUT2D eigenvalue weighted by molar-refractivity contribution is 6.30. The molecule has 0 radical (unpaired) electrons. The lowest BCUT2D eigenvalue weighted by Gasteiger charge is -2.02. The van der Waals surface area contributed by atoms with E-state index in [9.17, 15) is 4.39 Å². The SMILES string of the molecule is Cc1cccc2nc(-c3ccc(Cl)c(F)c3)c(N)n12. The molecule has 0 saturated heterocycles. The molecule has 0 amide bonds. The van der Waals surface area contributed by atoms with Crippen LogP contribution >= 0.6 is 11.6 Å². The van der Waals surface area contributed by atoms with Gasteiger partial charge in [-0.15, -0.1) is 0 Å². The number of nitrogens with two attached hydrogens (primary N) is 1. The summed E-state index contributed by atoms with van der Waals surface area (Å²) < 4.78 is 15.4. The van der Waals surface area contributed by atoms with Gasteiger partial charge in [-0.3, -0.25) is 4.40 Å². The molecule has 0 atom stereocenters. The lowest BCUT2D eigenvalue weighted by molar-refractivity contribution is 0.629. The number of imidazole rings is 1. The molecule has 3 rings (SSSR count). The first-order chi connectivity index (χ1) is 9.08. The number of anilines is 1. The van der Waals surface area contributed by atoms with Gasteiger partial charge in [-0.2, -0.15) is 0 Å². The first-order valence-electron chi connectivity index (χ1n) is 5.77. The van der Waals surface area contributed by atoms with E-state index >= 15 is 0 Å². The average molecular weight is 276 g/mol. The summed E-state index contributed by atoms with van der Waals surface area (Å²) in [6.07, 6.45) is 0. The largest absolute Gasteiger partial charge is 0.383 e. The molecule has 0 bridgehead atoms. The van der Waals surface area contributed by atoms with Crippen LogP contribution in [0.1, 0.15) is 5.69 Å². The second-order valence-corrected chi connectivity index (χ2v) is 4.74. The smallest absolute Gasteiger partial charge is 0.142 e. The van der Waals surface area contributed by atoms with Crippen molar-refractivity contribution in [2.75, 3.05) is 5.73 Å². The fourth-order valence-electron chi connectivity index (χ4n) is 2.14. The molecule has 0 saturated carbocycles. The first-order valence-corrected chi connectivity index (χ1v) is 6.14. The van der Waals surface area contributed by atoms with Crippen molar-refractivity contribution in [2.45, 2.75) is 6.92 Å². The minimum atomic E-state index is -0.479. The van der Waals surface area contributed by atoms with Crippen molar-refractivity contribution in [2.24, 2.45) is 0 Å². The molecule has 2 heterocycles. The molecule has 2 N–H and O–H groups in total. The predicted octanol–water partition coefficient (Wildman–Crippen LogP) is 3.68. The van der Waals surface area contributed by atoms with Crippen molar-refractivity contribution in [3.63, 3.8) is 0 Å². The third kappa shape index (κ3) is 1.85. The summed E-state index contributed by atoms with van der Waals surface area (Å²) in [6.45, 7) is 1.94. The highest BCUT2D eigenvalue weighted by Gasteiger charge is 2.13. The lowest BCUT2D eigenvalue weighted by Crippen LogP contribution is -1.97. The van der Waals surface area contributed by atoms with E-state index in [-0.39, 0.29) is 5.02 Å². The fraction of sp³-hybridized carbons (Fsp3) is 0.0714. The lowest BCUT2D eigenvalue weighted by atomic mass is 10.1. The standard InChI is InChI=1S/C14H11ClFN3/c1-8-3-2-4-12-18-13(14(17)19(8)12)9-5-6-10(15)11(16)7-9/h2-7H,17H2,1H3. The molecule has 0 aliphatic heterocycles. The number of pyridine rings is 1. The van der Waals surface area contributed by atoms with E-state index in [1.165, 1.54) is 12.1 Å². The highest BCUT2D eigenvalue weighted by Crippen LogP contribution is 2.29. The van der Waals surface area contributed by atoms with E-state index in [4.69, 9.17) is 17.3 Å². The summed E-state index contributed by atoms with van der Waals surface area (Å²) in [5.41, 5.74) is 8.99. The summed E-state index contributed by atoms with van der Waals surface area (Å²) in [5, 5.41) is 0.0854. The summed E-state index contributed by atoms with van der Waals surface area (Å²) in [6, 6.07) is 10.3. The zero-order valence-electron chi connectivity index (χ0n) is 10.2. The van der Waals surface area contributed by atoms with Crippen LogP contribution in [0.4, 0.5) is 10.2 Å². The van der Waals surface area contributed by atoms with E-state index in [1.807, 2.05) is 29.5 Å². The van der Waals surface area contributed by atoms with Crippen LogP contribution < -0.4 is 5.73 Å². The van der Waals surface area contributed by atoms with Crippen LogP contribution in [0, 0.1) is 12.7 Å². The molecule has 2 aromatic heterocycles. The Bertz CT molecular complexity index is 780. The van der Waals surface area contributed by atoms with E-state index in [0.29, 0.717) is 17.1 Å². The van der Waals surface area contributed by atoms with Crippen molar-refractivity contribution in [1.82, 2.24) is 9.38 Å². The number of nitrogen functional groups attached to an aromatic ring is 1. The van der Waals surface area contributed by atoms with Crippen molar-refractivity contribution >= 4 is 23.1 Å². The maximum Gasteiger partial charge on any atom is 0.142 e. The highest BCUT2D eigenvalue weighted by atomic mass is 35.5. The van der Waals surface area contributed by atoms with Gasteiger partial charge in [0.1, 0.15) is 23.0 Å². The molecule has 19 heavy (non-hydrogen) atoms. The maximum atomic E-state index is 13.5. The predicted molar refractivity (Wildman–Crippen MR) is 74.7 cm³/mol. The van der Waals surface area contributed by atoms with Gasteiger partial charge in [0.15, 0.2) is 0 Å². The van der Waals surface area contributed by atoms with Crippen molar-refractivity contribution in [3.8, 4) is 11.3 Å². The zero-order chi connectivity index (χ0) is 13.6. The van der Waals surface area contributed by atoms with Gasteiger partial charge >= 0.3 is 0 Å². The number of halogens is 2. The number of aryl methyl sites for hydroxylation is 1. The second-order valence-electron chi connectivity index (χ2n) is 4.34. The molecule has 1 aromatic carbocycles. The van der Waals surface area contributed by atoms with Gasteiger partial charge in [0.25, 0.3) is 0 Å². The Kier molecular flexibility index (Phi) is 2.68. The van der Waals surface area contributed by atoms with Crippen LogP contribution in [0.3, 0.4) is 0 Å². The molecule has 3 aromatic rings. The van der Waals surface area contributed by atoms with Crippen molar-refractivity contribution < 1.29 is 4.39 Å². The topological polar surface area (TPSA) is 43.3 Å². The molecule has 0 fully saturated rings. The molecule has 3 nitrogen and oxygen atoms in total. The molecular weight excluding hydrogens is 265 g/mol. The Morgan fingerprint density at radius 1 is 1.26 bits per heavy atom. The molecule has 0 aliphatic carbocycles. The van der Waals surface area contributed by atoms with Gasteiger partial charge in [-0.1, -0.05) is 23.7 Å². The minimum Gasteiger partial charge on any atom is -0.383 e. The Balaban J connectivity index is 2.28. The average Bonchev–Trinajstić information content (AvgIpc) is 2.72. The third-order valence-electron chi connectivity index (χ3n) is 3.07. The molecule has 0 spiro atoms. The Hall–Kier alpha value is -2.07. The second kappa shape index (κ2) is 4.24. The molecule has 0 unspecified atom stereocenters. The zero-order valence-corrected chi connectivity index (χ0v) is 10.9. The van der Waals surface area contributed by atoms with Gasteiger partial charge in [-0.25, -0.2) is 9.37 Å². The van der Waals surface area contributed by atoms with Crippen LogP contribution in [-0.4, -0.2) is 9.38 Å². The third-order valence-corrected chi connectivity index (χ3v) is 3.37. The van der Waals surface area contributed by atoms with Crippen molar-refractivity contribution in [3.05, 3.63) is 52.9 Å². The number of aromatic nitrogens is 2. The van der Waals surface area contributed by atoms with Crippen LogP contribution in [0.5, 0.6) is 0 Å². The molecular formula is C14H11ClFN3. The fourth-order valence-corrected chi connectivity index (χ4v) is 2.26. The van der Waals surface area contributed by atoms with Gasteiger partial charge < -0.3 is 5.73 Å². The molecule has 0 aliphatic rings. The molecule has 5 heteroatoms. The Morgan fingerprint density at radius 3 is 2.74 bits per heavy atom. The summed E-state index contributed by atoms with van der Waals surface area (Å²) in [7, 11) is 0. The van der Waals surface area contributed by atoms with Crippen LogP contribution in [0.2, 0.25) is 5.02 Å². The number of benzene rings is 1. The first kappa shape index (κ1) is 12.0. The number of rotatable bonds is 1. The Morgan fingerprint density at radius 2 is 2.05 bits per heavy atom. The van der Waals surface area contributed by atoms with Crippen molar-refractivity contribution in [1.29, 1.82) is 0 Å².